The Morgan fingerprint density at radius 3 is 2.33 bits per heavy atom. The summed E-state index contributed by atoms with van der Waals surface area (Å²) in [5.74, 6) is 3.18. The van der Waals surface area contributed by atoms with Crippen LogP contribution in [0.3, 0.4) is 0 Å². The van der Waals surface area contributed by atoms with Crippen molar-refractivity contribution in [2.45, 2.75) is 58.7 Å². The molecule has 1 saturated carbocycles. The van der Waals surface area contributed by atoms with Gasteiger partial charge in [-0.1, -0.05) is 39.8 Å². The predicted molar refractivity (Wildman–Crippen MR) is 81.2 cm³/mol. The quantitative estimate of drug-likeness (QED) is 0.510. The highest BCUT2D eigenvalue weighted by Crippen LogP contribution is 2.47. The third-order valence-corrected chi connectivity index (χ3v) is 10.6. The molecule has 1 nitrogen and oxygen atoms in total. The van der Waals surface area contributed by atoms with Crippen molar-refractivity contribution >= 4 is 8.32 Å². The van der Waals surface area contributed by atoms with Gasteiger partial charge in [0.05, 0.1) is 0 Å². The number of allylic oxidation sites excluding steroid dienone is 2. The van der Waals surface area contributed by atoms with Crippen molar-refractivity contribution in [1.82, 2.24) is 0 Å². The standard InChI is InChI=1S/C16H30OSi/c1-12(2)16(3,4)18(5,6)17-11-15-10-13-7-8-14(15)9-13/h7-8,12-15H,9-11H2,1-6H3. The summed E-state index contributed by atoms with van der Waals surface area (Å²) < 4.78 is 6.50. The van der Waals surface area contributed by atoms with Crippen LogP contribution in [-0.2, 0) is 4.43 Å². The van der Waals surface area contributed by atoms with Crippen LogP contribution in [0.2, 0.25) is 18.1 Å². The smallest absolute Gasteiger partial charge is 0.192 e. The fourth-order valence-electron chi connectivity index (χ4n) is 3.28. The molecule has 0 N–H and O–H groups in total. The molecule has 104 valence electrons. The average molecular weight is 267 g/mol. The van der Waals surface area contributed by atoms with Gasteiger partial charge >= 0.3 is 0 Å². The van der Waals surface area contributed by atoms with Gasteiger partial charge in [0, 0.05) is 6.61 Å². The first-order valence-corrected chi connectivity index (χ1v) is 10.5. The van der Waals surface area contributed by atoms with Crippen LogP contribution >= 0.6 is 0 Å². The van der Waals surface area contributed by atoms with Crippen LogP contribution < -0.4 is 0 Å². The molecule has 0 saturated heterocycles. The lowest BCUT2D eigenvalue weighted by Crippen LogP contribution is -2.46. The molecule has 0 radical (unpaired) electrons. The van der Waals surface area contributed by atoms with Gasteiger partial charge in [-0.05, 0) is 54.6 Å². The molecule has 2 aliphatic rings. The summed E-state index contributed by atoms with van der Waals surface area (Å²) >= 11 is 0. The van der Waals surface area contributed by atoms with Crippen molar-refractivity contribution in [3.63, 3.8) is 0 Å². The van der Waals surface area contributed by atoms with E-state index in [1.54, 1.807) is 0 Å². The zero-order chi connectivity index (χ0) is 13.6. The molecule has 0 aliphatic heterocycles. The molecule has 0 aromatic carbocycles. The summed E-state index contributed by atoms with van der Waals surface area (Å²) in [7, 11) is -1.61. The molecule has 3 unspecified atom stereocenters. The van der Waals surface area contributed by atoms with E-state index in [0.717, 1.165) is 24.4 Å². The molecule has 0 spiro atoms. The highest BCUT2D eigenvalue weighted by molar-refractivity contribution is 6.74. The topological polar surface area (TPSA) is 9.23 Å². The van der Waals surface area contributed by atoms with E-state index in [1.165, 1.54) is 12.8 Å². The SMILES string of the molecule is CC(C)C(C)(C)[Si](C)(C)OCC1CC2C=CC1C2. The van der Waals surface area contributed by atoms with E-state index in [9.17, 15) is 0 Å². The molecule has 3 atom stereocenters. The number of fused-ring (bicyclic) bond motifs is 2. The number of hydrogen-bond acceptors (Lipinski definition) is 1. The molecule has 0 aromatic heterocycles. The molecule has 2 heteroatoms. The lowest BCUT2D eigenvalue weighted by Gasteiger charge is -2.43. The van der Waals surface area contributed by atoms with Gasteiger partial charge in [-0.3, -0.25) is 0 Å². The normalized spacial score (nSPS) is 31.6. The minimum Gasteiger partial charge on any atom is -0.417 e. The lowest BCUT2D eigenvalue weighted by atomic mass is 9.95. The fourth-order valence-corrected chi connectivity index (χ4v) is 5.68. The van der Waals surface area contributed by atoms with Crippen molar-refractivity contribution in [3.8, 4) is 0 Å². The Kier molecular flexibility index (Phi) is 3.81. The molecule has 18 heavy (non-hydrogen) atoms. The molecule has 2 aliphatic carbocycles. The molecule has 0 aromatic rings. The molecular weight excluding hydrogens is 236 g/mol. The van der Waals surface area contributed by atoms with Crippen LogP contribution in [0.4, 0.5) is 0 Å². The van der Waals surface area contributed by atoms with Crippen molar-refractivity contribution < 1.29 is 4.43 Å². The lowest BCUT2D eigenvalue weighted by molar-refractivity contribution is 0.200. The number of hydrogen-bond donors (Lipinski definition) is 0. The van der Waals surface area contributed by atoms with Crippen LogP contribution in [0.5, 0.6) is 0 Å². The third kappa shape index (κ3) is 2.46. The number of rotatable bonds is 5. The fraction of sp³-hybridized carbons (Fsp3) is 0.875. The summed E-state index contributed by atoms with van der Waals surface area (Å²) in [5.41, 5.74) is 0. The Morgan fingerprint density at radius 2 is 1.89 bits per heavy atom. The van der Waals surface area contributed by atoms with E-state index < -0.39 is 8.32 Å². The third-order valence-electron chi connectivity index (χ3n) is 6.07. The predicted octanol–water partition coefficient (Wildman–Crippen LogP) is 4.86. The maximum atomic E-state index is 6.50. The molecule has 1 fully saturated rings. The van der Waals surface area contributed by atoms with Crippen molar-refractivity contribution in [1.29, 1.82) is 0 Å². The van der Waals surface area contributed by atoms with E-state index in [1.807, 2.05) is 0 Å². The van der Waals surface area contributed by atoms with Gasteiger partial charge in [0.2, 0.25) is 0 Å². The van der Waals surface area contributed by atoms with Crippen LogP contribution in [-0.4, -0.2) is 14.9 Å². The average Bonchev–Trinajstić information content (AvgIpc) is 2.87. The van der Waals surface area contributed by atoms with E-state index in [4.69, 9.17) is 4.43 Å². The van der Waals surface area contributed by atoms with Crippen molar-refractivity contribution in [2.24, 2.45) is 23.7 Å². The van der Waals surface area contributed by atoms with Gasteiger partial charge in [0.1, 0.15) is 0 Å². The van der Waals surface area contributed by atoms with E-state index in [2.05, 4.69) is 52.9 Å². The Bertz CT molecular complexity index is 330. The monoisotopic (exact) mass is 266 g/mol. The van der Waals surface area contributed by atoms with Crippen LogP contribution in [0, 0.1) is 23.7 Å². The molecular formula is C16H30OSi. The Morgan fingerprint density at radius 1 is 1.22 bits per heavy atom. The first kappa shape index (κ1) is 14.3. The van der Waals surface area contributed by atoms with Crippen molar-refractivity contribution in [2.75, 3.05) is 6.61 Å². The second kappa shape index (κ2) is 4.79. The van der Waals surface area contributed by atoms with Gasteiger partial charge < -0.3 is 4.43 Å². The second-order valence-electron chi connectivity index (χ2n) is 7.74. The Labute approximate surface area is 114 Å². The molecule has 2 bridgehead atoms. The zero-order valence-electron chi connectivity index (χ0n) is 13.0. The minimum absolute atomic E-state index is 0.348. The van der Waals surface area contributed by atoms with E-state index >= 15 is 0 Å². The van der Waals surface area contributed by atoms with E-state index in [-0.39, 0.29) is 0 Å². The van der Waals surface area contributed by atoms with Gasteiger partial charge in [0.15, 0.2) is 8.32 Å². The summed E-state index contributed by atoms with van der Waals surface area (Å²) in [4.78, 5) is 0. The minimum atomic E-state index is -1.61. The first-order chi connectivity index (χ1) is 8.24. The first-order valence-electron chi connectivity index (χ1n) is 7.56. The highest BCUT2D eigenvalue weighted by Gasteiger charge is 2.44. The molecule has 0 heterocycles. The van der Waals surface area contributed by atoms with Crippen LogP contribution in [0.1, 0.15) is 40.5 Å². The van der Waals surface area contributed by atoms with Crippen LogP contribution in [0.15, 0.2) is 12.2 Å². The Hall–Kier alpha value is -0.0831. The summed E-state index contributed by atoms with van der Waals surface area (Å²) in [5, 5.41) is 0.348. The van der Waals surface area contributed by atoms with Gasteiger partial charge in [-0.2, -0.15) is 0 Å². The van der Waals surface area contributed by atoms with E-state index in [0.29, 0.717) is 11.0 Å². The van der Waals surface area contributed by atoms with Gasteiger partial charge in [0.25, 0.3) is 0 Å². The van der Waals surface area contributed by atoms with Crippen molar-refractivity contribution in [3.05, 3.63) is 12.2 Å². The molecule has 2 rings (SSSR count). The van der Waals surface area contributed by atoms with Gasteiger partial charge in [-0.15, -0.1) is 0 Å². The molecule has 0 amide bonds. The van der Waals surface area contributed by atoms with Gasteiger partial charge in [-0.25, -0.2) is 0 Å². The Balaban J connectivity index is 1.91. The second-order valence-corrected chi connectivity index (χ2v) is 12.3. The zero-order valence-corrected chi connectivity index (χ0v) is 14.0. The maximum Gasteiger partial charge on any atom is 0.192 e. The summed E-state index contributed by atoms with van der Waals surface area (Å²) in [6.45, 7) is 15.2. The highest BCUT2D eigenvalue weighted by atomic mass is 28.4. The summed E-state index contributed by atoms with van der Waals surface area (Å²) in [6, 6.07) is 0. The van der Waals surface area contributed by atoms with Crippen LogP contribution in [0.25, 0.3) is 0 Å². The largest absolute Gasteiger partial charge is 0.417 e. The maximum absolute atomic E-state index is 6.50. The summed E-state index contributed by atoms with van der Waals surface area (Å²) in [6.07, 6.45) is 7.61.